The first-order valence-corrected chi connectivity index (χ1v) is 9.63. The summed E-state index contributed by atoms with van der Waals surface area (Å²) in [7, 11) is 0. The Morgan fingerprint density at radius 2 is 1.72 bits per heavy atom. The fraction of sp³-hybridized carbons (Fsp3) is 0.125. The summed E-state index contributed by atoms with van der Waals surface area (Å²) in [5.41, 5.74) is 5.82. The number of hydrogen-bond donors (Lipinski definition) is 0. The van der Waals surface area contributed by atoms with Crippen LogP contribution in [-0.4, -0.2) is 25.5 Å². The van der Waals surface area contributed by atoms with Crippen molar-refractivity contribution in [2.24, 2.45) is 0 Å². The van der Waals surface area contributed by atoms with E-state index in [4.69, 9.17) is 4.74 Å². The predicted molar refractivity (Wildman–Crippen MR) is 115 cm³/mol. The highest BCUT2D eigenvalue weighted by Crippen LogP contribution is 2.29. The highest BCUT2D eigenvalue weighted by molar-refractivity contribution is 5.93. The van der Waals surface area contributed by atoms with Crippen molar-refractivity contribution in [1.29, 1.82) is 0 Å². The lowest BCUT2D eigenvalue weighted by molar-refractivity contribution is 0.242. The van der Waals surface area contributed by atoms with Gasteiger partial charge in [0.05, 0.1) is 29.2 Å². The van der Waals surface area contributed by atoms with Crippen LogP contribution in [0.15, 0.2) is 79.4 Å². The van der Waals surface area contributed by atoms with Crippen LogP contribution in [0.25, 0.3) is 39.1 Å². The van der Waals surface area contributed by atoms with Crippen LogP contribution in [0.2, 0.25) is 0 Å². The van der Waals surface area contributed by atoms with Crippen molar-refractivity contribution in [2.45, 2.75) is 20.0 Å². The molecular formula is C24H20N4O. The molecule has 3 heterocycles. The third kappa shape index (κ3) is 3.21. The van der Waals surface area contributed by atoms with Crippen LogP contribution >= 0.6 is 0 Å². The van der Waals surface area contributed by atoms with Crippen molar-refractivity contribution in [2.75, 3.05) is 0 Å². The van der Waals surface area contributed by atoms with Crippen molar-refractivity contribution in [3.8, 4) is 28.3 Å². The molecule has 5 heteroatoms. The second-order valence-electron chi connectivity index (χ2n) is 7.21. The van der Waals surface area contributed by atoms with Crippen molar-refractivity contribution < 1.29 is 4.74 Å². The number of nitrogens with zero attached hydrogens (tertiary/aromatic N) is 4. The minimum atomic E-state index is 0.155. The molecule has 0 aliphatic rings. The molecule has 0 aliphatic heterocycles. The highest BCUT2D eigenvalue weighted by Gasteiger charge is 2.11. The number of hydrogen-bond acceptors (Lipinski definition) is 4. The quantitative estimate of drug-likeness (QED) is 0.419. The molecule has 5 rings (SSSR count). The summed E-state index contributed by atoms with van der Waals surface area (Å²) in [4.78, 5) is 13.8. The first kappa shape index (κ1) is 17.4. The molecule has 0 atom stereocenters. The third-order valence-electron chi connectivity index (χ3n) is 4.85. The van der Waals surface area contributed by atoms with E-state index in [1.165, 1.54) is 0 Å². The highest BCUT2D eigenvalue weighted by atomic mass is 16.5. The molecule has 29 heavy (non-hydrogen) atoms. The van der Waals surface area contributed by atoms with Crippen LogP contribution < -0.4 is 4.74 Å². The van der Waals surface area contributed by atoms with Gasteiger partial charge in [0, 0.05) is 28.8 Å². The molecule has 0 saturated carbocycles. The van der Waals surface area contributed by atoms with Crippen LogP contribution in [0.5, 0.6) is 5.75 Å². The fourth-order valence-electron chi connectivity index (χ4n) is 3.54. The minimum Gasteiger partial charge on any atom is -0.491 e. The zero-order valence-electron chi connectivity index (χ0n) is 16.3. The van der Waals surface area contributed by atoms with E-state index < -0.39 is 0 Å². The fourth-order valence-corrected chi connectivity index (χ4v) is 3.54. The van der Waals surface area contributed by atoms with Gasteiger partial charge in [0.25, 0.3) is 0 Å². The van der Waals surface area contributed by atoms with Gasteiger partial charge in [-0.25, -0.2) is 9.97 Å². The predicted octanol–water partition coefficient (Wildman–Crippen LogP) is 5.40. The van der Waals surface area contributed by atoms with Crippen LogP contribution in [0.4, 0.5) is 0 Å². The molecule has 0 radical (unpaired) electrons. The van der Waals surface area contributed by atoms with Gasteiger partial charge in [-0.2, -0.15) is 0 Å². The second kappa shape index (κ2) is 7.02. The maximum Gasteiger partial charge on any atom is 0.140 e. The lowest BCUT2D eigenvalue weighted by atomic mass is 10.1. The van der Waals surface area contributed by atoms with Gasteiger partial charge >= 0.3 is 0 Å². The van der Waals surface area contributed by atoms with Gasteiger partial charge < -0.3 is 4.74 Å². The number of imidazole rings is 1. The van der Waals surface area contributed by atoms with E-state index in [2.05, 4.69) is 21.0 Å². The summed E-state index contributed by atoms with van der Waals surface area (Å²) >= 11 is 0. The summed E-state index contributed by atoms with van der Waals surface area (Å²) in [6.45, 7) is 4.04. The normalized spacial score (nSPS) is 11.4. The lowest BCUT2D eigenvalue weighted by Crippen LogP contribution is -2.05. The van der Waals surface area contributed by atoms with Crippen LogP contribution in [0, 0.1) is 0 Å². The molecule has 142 valence electrons. The van der Waals surface area contributed by atoms with E-state index in [9.17, 15) is 0 Å². The number of pyridine rings is 1. The summed E-state index contributed by atoms with van der Waals surface area (Å²) in [6, 6.07) is 20.2. The van der Waals surface area contributed by atoms with E-state index in [0.717, 1.165) is 44.8 Å². The van der Waals surface area contributed by atoms with Gasteiger partial charge in [-0.3, -0.25) is 9.38 Å². The smallest absolute Gasteiger partial charge is 0.140 e. The molecule has 3 aromatic heterocycles. The molecule has 5 aromatic rings. The molecule has 5 nitrogen and oxygen atoms in total. The Morgan fingerprint density at radius 1 is 0.897 bits per heavy atom. The van der Waals surface area contributed by atoms with E-state index in [0.29, 0.717) is 0 Å². The van der Waals surface area contributed by atoms with Gasteiger partial charge in [-0.05, 0) is 50.2 Å². The molecule has 0 bridgehead atoms. The largest absolute Gasteiger partial charge is 0.491 e. The van der Waals surface area contributed by atoms with Gasteiger partial charge in [0.1, 0.15) is 17.7 Å². The van der Waals surface area contributed by atoms with Crippen molar-refractivity contribution in [3.05, 3.63) is 79.4 Å². The number of ether oxygens (including phenoxy) is 1. The standard InChI is InChI=1S/C24H20N4O/c1-16(2)29-18-9-7-17(8-10-18)22-13-24-26-14-23(28(24)15-27-22)20-11-12-25-21-6-4-3-5-19(20)21/h3-16H,1-2H3. The second-order valence-corrected chi connectivity index (χ2v) is 7.21. The van der Waals surface area contributed by atoms with Crippen molar-refractivity contribution in [3.63, 3.8) is 0 Å². The van der Waals surface area contributed by atoms with Crippen molar-refractivity contribution >= 4 is 16.6 Å². The van der Waals surface area contributed by atoms with Crippen LogP contribution in [0.1, 0.15) is 13.8 Å². The maximum absolute atomic E-state index is 5.72. The number of rotatable bonds is 4. The maximum atomic E-state index is 5.72. The third-order valence-corrected chi connectivity index (χ3v) is 4.85. The van der Waals surface area contributed by atoms with Gasteiger partial charge in [0.2, 0.25) is 0 Å². The molecule has 2 aromatic carbocycles. The van der Waals surface area contributed by atoms with E-state index in [1.807, 2.05) is 91.6 Å². The molecule has 0 amide bonds. The van der Waals surface area contributed by atoms with Crippen LogP contribution in [0.3, 0.4) is 0 Å². The first-order chi connectivity index (χ1) is 14.2. The minimum absolute atomic E-state index is 0.155. The Kier molecular flexibility index (Phi) is 4.21. The molecule has 0 saturated heterocycles. The molecule has 0 unspecified atom stereocenters. The average Bonchev–Trinajstić information content (AvgIpc) is 3.16. The van der Waals surface area contributed by atoms with E-state index in [1.54, 1.807) is 0 Å². The first-order valence-electron chi connectivity index (χ1n) is 9.63. The summed E-state index contributed by atoms with van der Waals surface area (Å²) in [6.07, 6.45) is 5.71. The molecular weight excluding hydrogens is 360 g/mol. The van der Waals surface area contributed by atoms with Gasteiger partial charge in [-0.1, -0.05) is 18.2 Å². The Bertz CT molecular complexity index is 1300. The number of fused-ring (bicyclic) bond motifs is 2. The number of benzene rings is 2. The van der Waals surface area contributed by atoms with Crippen LogP contribution in [-0.2, 0) is 0 Å². The molecule has 0 N–H and O–H groups in total. The Labute approximate surface area is 168 Å². The Balaban J connectivity index is 1.55. The monoisotopic (exact) mass is 380 g/mol. The SMILES string of the molecule is CC(C)Oc1ccc(-c2cc3ncc(-c4ccnc5ccccc45)n3cn2)cc1. The molecule has 0 fully saturated rings. The molecule has 0 spiro atoms. The average molecular weight is 380 g/mol. The van der Waals surface area contributed by atoms with E-state index >= 15 is 0 Å². The summed E-state index contributed by atoms with van der Waals surface area (Å²) in [5.74, 6) is 0.859. The Hall–Kier alpha value is -3.73. The van der Waals surface area contributed by atoms with Crippen molar-refractivity contribution in [1.82, 2.24) is 19.4 Å². The van der Waals surface area contributed by atoms with Gasteiger partial charge in [-0.15, -0.1) is 0 Å². The number of aromatic nitrogens is 4. The van der Waals surface area contributed by atoms with E-state index in [-0.39, 0.29) is 6.10 Å². The molecule has 0 aliphatic carbocycles. The topological polar surface area (TPSA) is 52.3 Å². The summed E-state index contributed by atoms with van der Waals surface area (Å²) in [5, 5.41) is 1.10. The number of para-hydroxylation sites is 1. The zero-order chi connectivity index (χ0) is 19.8. The Morgan fingerprint density at radius 3 is 2.55 bits per heavy atom. The summed E-state index contributed by atoms with van der Waals surface area (Å²) < 4.78 is 7.74. The zero-order valence-corrected chi connectivity index (χ0v) is 16.3. The lowest BCUT2D eigenvalue weighted by Gasteiger charge is -2.10. The van der Waals surface area contributed by atoms with Gasteiger partial charge in [0.15, 0.2) is 0 Å².